The zero-order valence-corrected chi connectivity index (χ0v) is 16.4. The van der Waals surface area contributed by atoms with E-state index in [2.05, 4.69) is 16.0 Å². The summed E-state index contributed by atoms with van der Waals surface area (Å²) < 4.78 is 1.71. The normalized spacial score (nSPS) is 10.4. The molecule has 28 heavy (non-hydrogen) atoms. The highest BCUT2D eigenvalue weighted by Crippen LogP contribution is 2.17. The maximum Gasteiger partial charge on any atom is 0.273 e. The summed E-state index contributed by atoms with van der Waals surface area (Å²) in [5, 5.41) is 4.46. The van der Waals surface area contributed by atoms with Crippen LogP contribution in [0.5, 0.6) is 0 Å². The highest BCUT2D eigenvalue weighted by Gasteiger charge is 2.20. The molecule has 0 spiro atoms. The summed E-state index contributed by atoms with van der Waals surface area (Å²) in [6.45, 7) is 3.59. The molecule has 0 unspecified atom stereocenters. The van der Waals surface area contributed by atoms with Gasteiger partial charge in [0.05, 0.1) is 22.6 Å². The Bertz CT molecular complexity index is 1010. The molecule has 7 nitrogen and oxygen atoms in total. The van der Waals surface area contributed by atoms with E-state index in [4.69, 9.17) is 0 Å². The molecule has 0 saturated heterocycles. The SMILES string of the molecule is Cc1nn(-c2ccccc2)c(C)c1C(=O)NNC(=O)c1cccc(N(C)C)c1. The van der Waals surface area contributed by atoms with Crippen molar-refractivity contribution >= 4 is 17.5 Å². The molecule has 0 aliphatic rings. The number of para-hydroxylation sites is 1. The van der Waals surface area contributed by atoms with Gasteiger partial charge in [0.15, 0.2) is 0 Å². The lowest BCUT2D eigenvalue weighted by atomic mass is 10.2. The first-order valence-electron chi connectivity index (χ1n) is 8.88. The molecule has 0 radical (unpaired) electrons. The van der Waals surface area contributed by atoms with Crippen LogP contribution >= 0.6 is 0 Å². The van der Waals surface area contributed by atoms with E-state index in [9.17, 15) is 9.59 Å². The molecule has 1 aromatic heterocycles. The smallest absolute Gasteiger partial charge is 0.273 e. The van der Waals surface area contributed by atoms with Gasteiger partial charge >= 0.3 is 0 Å². The maximum absolute atomic E-state index is 12.7. The lowest BCUT2D eigenvalue weighted by Gasteiger charge is -2.13. The summed E-state index contributed by atoms with van der Waals surface area (Å²) in [7, 11) is 3.80. The molecule has 0 bridgehead atoms. The zero-order valence-electron chi connectivity index (χ0n) is 16.4. The summed E-state index contributed by atoms with van der Waals surface area (Å²) in [5.41, 5.74) is 8.90. The number of carbonyl (C=O) groups is 2. The van der Waals surface area contributed by atoms with Crippen LogP contribution in [0, 0.1) is 13.8 Å². The first-order valence-corrected chi connectivity index (χ1v) is 8.88. The molecule has 2 aromatic carbocycles. The Morgan fingerprint density at radius 3 is 2.29 bits per heavy atom. The highest BCUT2D eigenvalue weighted by atomic mass is 16.2. The zero-order chi connectivity index (χ0) is 20.3. The van der Waals surface area contributed by atoms with E-state index in [1.165, 1.54) is 0 Å². The van der Waals surface area contributed by atoms with Gasteiger partial charge in [0.1, 0.15) is 0 Å². The van der Waals surface area contributed by atoms with Gasteiger partial charge in [-0.1, -0.05) is 24.3 Å². The van der Waals surface area contributed by atoms with Crippen molar-refractivity contribution in [2.24, 2.45) is 0 Å². The first kappa shape index (κ1) is 19.2. The Balaban J connectivity index is 1.74. The third kappa shape index (κ3) is 3.88. The number of carbonyl (C=O) groups excluding carboxylic acids is 2. The summed E-state index contributed by atoms with van der Waals surface area (Å²) >= 11 is 0. The molecule has 2 N–H and O–H groups in total. The number of anilines is 1. The molecule has 0 atom stereocenters. The standard InChI is InChI=1S/C21H23N5O2/c1-14-19(15(2)26(24-14)17-10-6-5-7-11-17)21(28)23-22-20(27)16-9-8-12-18(13-16)25(3)4/h5-13H,1-4H3,(H,22,27)(H,23,28). The topological polar surface area (TPSA) is 79.3 Å². The second kappa shape index (κ2) is 7.96. The Kier molecular flexibility index (Phi) is 5.44. The predicted octanol–water partition coefficient (Wildman–Crippen LogP) is 2.63. The Labute approximate surface area is 163 Å². The van der Waals surface area contributed by atoms with Crippen molar-refractivity contribution in [3.05, 3.63) is 77.1 Å². The van der Waals surface area contributed by atoms with Crippen molar-refractivity contribution in [3.63, 3.8) is 0 Å². The second-order valence-corrected chi connectivity index (χ2v) is 6.65. The van der Waals surface area contributed by atoms with Gasteiger partial charge in [0.25, 0.3) is 11.8 Å². The summed E-state index contributed by atoms with van der Waals surface area (Å²) in [5.74, 6) is -0.794. The number of hydrogen-bond acceptors (Lipinski definition) is 4. The molecule has 3 aromatic rings. The number of hydrazine groups is 1. The molecule has 0 aliphatic heterocycles. The number of hydrogen-bond donors (Lipinski definition) is 2. The molecule has 0 saturated carbocycles. The Morgan fingerprint density at radius 1 is 0.929 bits per heavy atom. The van der Waals surface area contributed by atoms with Gasteiger partial charge in [0, 0.05) is 25.3 Å². The van der Waals surface area contributed by atoms with Crippen molar-refractivity contribution in [2.45, 2.75) is 13.8 Å². The molecule has 7 heteroatoms. The van der Waals surface area contributed by atoms with Gasteiger partial charge in [-0.15, -0.1) is 0 Å². The van der Waals surface area contributed by atoms with E-state index >= 15 is 0 Å². The largest absolute Gasteiger partial charge is 0.378 e. The van der Waals surface area contributed by atoms with Gasteiger partial charge < -0.3 is 4.90 Å². The number of rotatable bonds is 4. The first-order chi connectivity index (χ1) is 13.4. The minimum absolute atomic E-state index is 0.386. The average Bonchev–Trinajstić information content (AvgIpc) is 3.00. The number of aromatic nitrogens is 2. The quantitative estimate of drug-likeness (QED) is 0.685. The maximum atomic E-state index is 12.7. The monoisotopic (exact) mass is 377 g/mol. The van der Waals surface area contributed by atoms with Gasteiger partial charge in [-0.3, -0.25) is 20.4 Å². The van der Waals surface area contributed by atoms with Crippen molar-refractivity contribution in [1.29, 1.82) is 0 Å². The van der Waals surface area contributed by atoms with Crippen molar-refractivity contribution < 1.29 is 9.59 Å². The predicted molar refractivity (Wildman–Crippen MR) is 109 cm³/mol. The fourth-order valence-electron chi connectivity index (χ4n) is 2.97. The van der Waals surface area contributed by atoms with Crippen LogP contribution in [0.3, 0.4) is 0 Å². The van der Waals surface area contributed by atoms with Crippen molar-refractivity contribution in [1.82, 2.24) is 20.6 Å². The third-order valence-electron chi connectivity index (χ3n) is 4.43. The Hall–Kier alpha value is -3.61. The number of aryl methyl sites for hydroxylation is 1. The van der Waals surface area contributed by atoms with Gasteiger partial charge in [-0.05, 0) is 44.2 Å². The summed E-state index contributed by atoms with van der Waals surface area (Å²) in [4.78, 5) is 26.9. The highest BCUT2D eigenvalue weighted by molar-refractivity contribution is 6.00. The molecule has 1 heterocycles. The molecule has 144 valence electrons. The minimum atomic E-state index is -0.408. The van der Waals surface area contributed by atoms with Crippen LogP contribution in [0.1, 0.15) is 32.1 Å². The van der Waals surface area contributed by atoms with Crippen LogP contribution in [0.2, 0.25) is 0 Å². The summed E-state index contributed by atoms with van der Waals surface area (Å²) in [6.07, 6.45) is 0. The lowest BCUT2D eigenvalue weighted by molar-refractivity contribution is 0.0846. The van der Waals surface area contributed by atoms with Crippen molar-refractivity contribution in [3.8, 4) is 5.69 Å². The van der Waals surface area contributed by atoms with Crippen LogP contribution in [-0.4, -0.2) is 35.7 Å². The van der Waals surface area contributed by atoms with Crippen LogP contribution < -0.4 is 15.8 Å². The van der Waals surface area contributed by atoms with E-state index in [-0.39, 0.29) is 5.91 Å². The van der Waals surface area contributed by atoms with Gasteiger partial charge in [-0.25, -0.2) is 4.68 Å². The van der Waals surface area contributed by atoms with Crippen LogP contribution in [0.25, 0.3) is 5.69 Å². The van der Waals surface area contributed by atoms with Crippen LogP contribution in [0.15, 0.2) is 54.6 Å². The molecule has 0 aliphatic carbocycles. The van der Waals surface area contributed by atoms with Crippen molar-refractivity contribution in [2.75, 3.05) is 19.0 Å². The fourth-order valence-corrected chi connectivity index (χ4v) is 2.97. The Morgan fingerprint density at radius 2 is 1.61 bits per heavy atom. The van der Waals surface area contributed by atoms with E-state index in [0.717, 1.165) is 11.4 Å². The van der Waals surface area contributed by atoms with E-state index in [1.807, 2.05) is 62.3 Å². The molecular weight excluding hydrogens is 354 g/mol. The van der Waals surface area contributed by atoms with Gasteiger partial charge in [-0.2, -0.15) is 5.10 Å². The van der Waals surface area contributed by atoms with Gasteiger partial charge in [0.2, 0.25) is 0 Å². The van der Waals surface area contributed by atoms with Crippen LogP contribution in [-0.2, 0) is 0 Å². The fraction of sp³-hybridized carbons (Fsp3) is 0.190. The summed E-state index contributed by atoms with van der Waals surface area (Å²) in [6, 6.07) is 16.7. The number of benzene rings is 2. The van der Waals surface area contributed by atoms with E-state index in [0.29, 0.717) is 22.5 Å². The average molecular weight is 377 g/mol. The number of amides is 2. The molecule has 2 amide bonds. The van der Waals surface area contributed by atoms with Crippen LogP contribution in [0.4, 0.5) is 5.69 Å². The van der Waals surface area contributed by atoms with E-state index < -0.39 is 5.91 Å². The number of nitrogens with one attached hydrogen (secondary N) is 2. The van der Waals surface area contributed by atoms with E-state index in [1.54, 1.807) is 29.8 Å². The number of nitrogens with zero attached hydrogens (tertiary/aromatic N) is 3. The third-order valence-corrected chi connectivity index (χ3v) is 4.43. The second-order valence-electron chi connectivity index (χ2n) is 6.65. The minimum Gasteiger partial charge on any atom is -0.378 e. The molecule has 0 fully saturated rings. The lowest BCUT2D eigenvalue weighted by Crippen LogP contribution is -2.42. The molecular formula is C21H23N5O2. The molecule has 3 rings (SSSR count).